The monoisotopic (exact) mass is 240 g/mol. The van der Waals surface area contributed by atoms with Gasteiger partial charge in [-0.1, -0.05) is 0 Å². The van der Waals surface area contributed by atoms with E-state index in [4.69, 9.17) is 36.5 Å². The zero-order valence-corrected chi connectivity index (χ0v) is 6.45. The number of nitrogens with two attached hydrogens (primary N) is 4. The molecule has 0 unspecified atom stereocenters. The Bertz CT molecular complexity index is 68.3. The average Bonchev–Trinajstić information content (AvgIpc) is 0.592. The van der Waals surface area contributed by atoms with Crippen LogP contribution in [0.5, 0.6) is 0 Å². The van der Waals surface area contributed by atoms with Crippen molar-refractivity contribution >= 4 is 19.1 Å². The third kappa shape index (κ3) is 156. The molecule has 7 heteroatoms. The van der Waals surface area contributed by atoms with Crippen molar-refractivity contribution in [2.24, 2.45) is 17.5 Å². The third-order valence-electron chi connectivity index (χ3n) is 0. The first-order valence-electron chi connectivity index (χ1n) is 0.969. The van der Waals surface area contributed by atoms with Gasteiger partial charge in [0.1, 0.15) is 0 Å². The first-order chi connectivity index (χ1) is 2.45. The number of hydrogen-bond acceptors (Lipinski definition) is 4. The molecule has 0 bridgehead atoms. The summed E-state index contributed by atoms with van der Waals surface area (Å²) >= 11 is -4.97. The molecule has 8 N–H and O–H groups in total. The molecule has 0 saturated carbocycles. The van der Waals surface area contributed by atoms with Crippen LogP contribution in [0.4, 0.5) is 0 Å². The molecule has 0 aromatic carbocycles. The Morgan fingerprint density at radius 2 is 0.857 bits per heavy atom. The molecule has 0 aliphatic heterocycles. The quantitative estimate of drug-likeness (QED) is 0.409. The molecule has 0 aliphatic carbocycles. The molecule has 0 atom stereocenters. The van der Waals surface area contributed by atoms with Gasteiger partial charge in [0.25, 0.3) is 0 Å². The molecular formula is H8Cl2N4Pd. The van der Waals surface area contributed by atoms with Crippen LogP contribution in [-0.4, -0.2) is 0 Å². The summed E-state index contributed by atoms with van der Waals surface area (Å²) in [5.41, 5.74) is 0. The molecule has 0 aromatic rings. The molecular weight excluding hydrogens is 233 g/mol. The van der Waals surface area contributed by atoms with Crippen molar-refractivity contribution in [2.75, 3.05) is 0 Å². The van der Waals surface area contributed by atoms with Crippen molar-refractivity contribution in [1.29, 1.82) is 0 Å². The van der Waals surface area contributed by atoms with E-state index in [1.165, 1.54) is 0 Å². The molecule has 0 rings (SSSR count). The summed E-state index contributed by atoms with van der Waals surface area (Å²) in [5, 5.41) is 0. The summed E-state index contributed by atoms with van der Waals surface area (Å²) in [6.07, 6.45) is 0. The second kappa shape index (κ2) is 1.01. The van der Waals surface area contributed by atoms with E-state index < -0.39 is 12.0 Å². The molecule has 52 valence electrons. The van der Waals surface area contributed by atoms with Gasteiger partial charge >= 0.3 is 48.6 Å². The van der Waals surface area contributed by atoms with Crippen LogP contribution in [0.3, 0.4) is 0 Å². The van der Waals surface area contributed by atoms with Gasteiger partial charge in [-0.15, -0.1) is 0 Å². The Morgan fingerprint density at radius 1 is 0.857 bits per heavy atom. The van der Waals surface area contributed by atoms with E-state index in [0.29, 0.717) is 0 Å². The van der Waals surface area contributed by atoms with Crippen molar-refractivity contribution in [1.82, 2.24) is 0 Å². The van der Waals surface area contributed by atoms with Gasteiger partial charge in [0.05, 0.1) is 0 Å². The first-order valence-corrected chi connectivity index (χ1v) is 8.56. The second-order valence-corrected chi connectivity index (χ2v) is 15.9. The molecule has 0 saturated heterocycles. The average molecular weight is 241 g/mol. The predicted molar refractivity (Wildman–Crippen MR) is 28.5 cm³/mol. The molecule has 0 amide bonds. The van der Waals surface area contributed by atoms with Crippen LogP contribution in [0, 0.1) is 0 Å². The van der Waals surface area contributed by atoms with E-state index in [9.17, 15) is 0 Å². The first kappa shape index (κ1) is 8.08. The van der Waals surface area contributed by atoms with Gasteiger partial charge < -0.3 is 0 Å². The third-order valence-corrected chi connectivity index (χ3v) is 0. The normalized spacial score (nSPS) is 23.1. The molecule has 0 radical (unpaired) electrons. The molecule has 0 spiro atoms. The Labute approximate surface area is 48.7 Å². The molecule has 0 heterocycles. The number of halogens is 2. The van der Waals surface area contributed by atoms with Gasteiger partial charge in [-0.05, 0) is 0 Å². The summed E-state index contributed by atoms with van der Waals surface area (Å²) in [6.45, 7) is 0. The van der Waals surface area contributed by atoms with E-state index >= 15 is 0 Å². The fourth-order valence-electron chi connectivity index (χ4n) is 0. The minimum atomic E-state index is -4.97. The maximum absolute atomic E-state index is 5.08. The van der Waals surface area contributed by atoms with Crippen LogP contribution in [0.1, 0.15) is 0 Å². The van der Waals surface area contributed by atoms with E-state index in [2.05, 4.69) is 0 Å². The molecule has 0 aliphatic rings. The van der Waals surface area contributed by atoms with Gasteiger partial charge in [0.15, 0.2) is 0 Å². The number of hydrogen-bond donors (Lipinski definition) is 4. The Balaban J connectivity index is 4.43. The zero-order valence-electron chi connectivity index (χ0n) is 3.38. The van der Waals surface area contributed by atoms with Crippen LogP contribution in [0.2, 0.25) is 0 Å². The predicted octanol–water partition coefficient (Wildman–Crippen LogP) is -0.986. The second-order valence-electron chi connectivity index (χ2n) is 1.23. The Kier molecular flexibility index (Phi) is 1.17. The van der Waals surface area contributed by atoms with E-state index in [1.807, 2.05) is 0 Å². The molecule has 0 aromatic heterocycles. The summed E-state index contributed by atoms with van der Waals surface area (Å²) in [5.74, 6) is 0. The minimum absolute atomic E-state index is 4.87. The van der Waals surface area contributed by atoms with Crippen LogP contribution in [-0.2, 0) is 12.0 Å². The topological polar surface area (TPSA) is 104 Å². The zero-order chi connectivity index (χ0) is 6.41. The fourth-order valence-corrected chi connectivity index (χ4v) is 0. The van der Waals surface area contributed by atoms with Gasteiger partial charge in [-0.2, -0.15) is 0 Å². The van der Waals surface area contributed by atoms with Crippen molar-refractivity contribution < 1.29 is 12.0 Å². The van der Waals surface area contributed by atoms with Crippen molar-refractivity contribution in [2.45, 2.75) is 0 Å². The fraction of sp³-hybridized carbons (Fsp3) is 0. The van der Waals surface area contributed by atoms with Crippen LogP contribution >= 0.6 is 19.1 Å². The SMILES string of the molecule is [NH2][Pd]([NH2])([NH2])([NH2])([Cl])[Cl]. The van der Waals surface area contributed by atoms with Crippen molar-refractivity contribution in [3.63, 3.8) is 0 Å². The van der Waals surface area contributed by atoms with Crippen LogP contribution in [0.25, 0.3) is 0 Å². The summed E-state index contributed by atoms with van der Waals surface area (Å²) < 4.78 is 19.5. The van der Waals surface area contributed by atoms with Gasteiger partial charge in [0.2, 0.25) is 0 Å². The Morgan fingerprint density at radius 3 is 0.857 bits per heavy atom. The molecule has 7 heavy (non-hydrogen) atoms. The molecule has 4 nitrogen and oxygen atoms in total. The van der Waals surface area contributed by atoms with E-state index in [-0.39, 0.29) is 0 Å². The maximum atomic E-state index is 5.08. The van der Waals surface area contributed by atoms with Crippen molar-refractivity contribution in [3.05, 3.63) is 0 Å². The molecule has 0 fully saturated rings. The summed E-state index contributed by atoms with van der Waals surface area (Å²) in [6, 6.07) is 0. The van der Waals surface area contributed by atoms with Gasteiger partial charge in [-0.25, -0.2) is 0 Å². The number of rotatable bonds is 0. The van der Waals surface area contributed by atoms with Gasteiger partial charge in [-0.3, -0.25) is 0 Å². The van der Waals surface area contributed by atoms with Gasteiger partial charge in [0, 0.05) is 0 Å². The summed E-state index contributed by atoms with van der Waals surface area (Å²) in [4.78, 5) is 0. The van der Waals surface area contributed by atoms with E-state index in [0.717, 1.165) is 0 Å². The van der Waals surface area contributed by atoms with Crippen molar-refractivity contribution in [3.8, 4) is 0 Å². The van der Waals surface area contributed by atoms with Crippen LogP contribution < -0.4 is 17.5 Å². The van der Waals surface area contributed by atoms with Crippen LogP contribution in [0.15, 0.2) is 0 Å². The standard InChI is InChI=1S/2ClH.4H2N.Pd/h2*1H;4*1H2;/q;;4*-1;+6/p-2. The Hall–Kier alpha value is 1.08. The van der Waals surface area contributed by atoms with E-state index in [1.54, 1.807) is 0 Å². The summed E-state index contributed by atoms with van der Waals surface area (Å²) in [7, 11) is 10.2.